The third-order valence-electron chi connectivity index (χ3n) is 2.59. The first-order chi connectivity index (χ1) is 7.61. The average molecular weight is 243 g/mol. The van der Waals surface area contributed by atoms with Gasteiger partial charge in [0.1, 0.15) is 5.82 Å². The van der Waals surface area contributed by atoms with E-state index in [-0.39, 0.29) is 0 Å². The fourth-order valence-corrected chi connectivity index (χ4v) is 2.18. The Kier molecular flexibility index (Phi) is 5.15. The number of nitrogens with zero attached hydrogens (tertiary/aromatic N) is 2. The zero-order chi connectivity index (χ0) is 12.1. The number of methoxy groups -OCH3 is 1. The number of ether oxygens (including phenoxy) is 1. The monoisotopic (exact) mass is 243 g/mol. The molecule has 4 nitrogen and oxygen atoms in total. The van der Waals surface area contributed by atoms with Crippen LogP contribution in [0.25, 0.3) is 0 Å². The van der Waals surface area contributed by atoms with Crippen molar-refractivity contribution in [1.82, 2.24) is 14.8 Å². The largest absolute Gasteiger partial charge is 0.383 e. The second-order valence-electron chi connectivity index (χ2n) is 4.31. The van der Waals surface area contributed by atoms with Crippen molar-refractivity contribution < 1.29 is 4.74 Å². The van der Waals surface area contributed by atoms with Gasteiger partial charge in [-0.15, -0.1) is 0 Å². The van der Waals surface area contributed by atoms with E-state index in [4.69, 9.17) is 17.0 Å². The maximum atomic E-state index is 5.29. The van der Waals surface area contributed by atoms with Crippen molar-refractivity contribution in [3.63, 3.8) is 0 Å². The maximum absolute atomic E-state index is 5.29. The molecule has 1 unspecified atom stereocenters. The molecular weight excluding hydrogens is 222 g/mol. The summed E-state index contributed by atoms with van der Waals surface area (Å²) in [5, 5.41) is 7.17. The van der Waals surface area contributed by atoms with Crippen LogP contribution < -0.4 is 0 Å². The molecule has 0 aliphatic heterocycles. The topological polar surface area (TPSA) is 42.8 Å². The third kappa shape index (κ3) is 2.92. The highest BCUT2D eigenvalue weighted by Gasteiger charge is 2.18. The van der Waals surface area contributed by atoms with Gasteiger partial charge < -0.3 is 4.74 Å². The summed E-state index contributed by atoms with van der Waals surface area (Å²) < 4.78 is 8.06. The number of nitrogens with one attached hydrogen (secondary N) is 1. The van der Waals surface area contributed by atoms with Crippen LogP contribution >= 0.6 is 12.2 Å². The molecule has 0 spiro atoms. The minimum atomic E-state index is 0.290. The second kappa shape index (κ2) is 6.15. The predicted molar refractivity (Wildman–Crippen MR) is 67.3 cm³/mol. The van der Waals surface area contributed by atoms with E-state index in [0.717, 1.165) is 18.7 Å². The lowest BCUT2D eigenvalue weighted by Gasteiger charge is -2.19. The summed E-state index contributed by atoms with van der Waals surface area (Å²) in [5.41, 5.74) is 0. The van der Waals surface area contributed by atoms with Gasteiger partial charge in [0, 0.05) is 13.0 Å². The van der Waals surface area contributed by atoms with Crippen LogP contribution in [0.15, 0.2) is 0 Å². The number of hydrogen-bond acceptors (Lipinski definition) is 3. The van der Waals surface area contributed by atoms with E-state index in [1.165, 1.54) is 0 Å². The molecule has 0 aromatic carbocycles. The van der Waals surface area contributed by atoms with Crippen molar-refractivity contribution in [1.29, 1.82) is 0 Å². The molecule has 0 aliphatic carbocycles. The summed E-state index contributed by atoms with van der Waals surface area (Å²) >= 11 is 5.29. The van der Waals surface area contributed by atoms with Gasteiger partial charge in [-0.2, -0.15) is 5.10 Å². The molecule has 0 fully saturated rings. The fraction of sp³-hybridized carbons (Fsp3) is 0.818. The van der Waals surface area contributed by atoms with Crippen molar-refractivity contribution in [3.8, 4) is 0 Å². The quantitative estimate of drug-likeness (QED) is 0.781. The SMILES string of the molecule is CCCC(COC)n1c(C(C)C)n[nH]c1=S. The van der Waals surface area contributed by atoms with Gasteiger partial charge in [-0.05, 0) is 18.6 Å². The highest BCUT2D eigenvalue weighted by Crippen LogP contribution is 2.21. The van der Waals surface area contributed by atoms with E-state index >= 15 is 0 Å². The van der Waals surface area contributed by atoms with Crippen molar-refractivity contribution in [2.24, 2.45) is 0 Å². The summed E-state index contributed by atoms with van der Waals surface area (Å²) in [5.74, 6) is 1.38. The molecule has 16 heavy (non-hydrogen) atoms. The Morgan fingerprint density at radius 1 is 1.50 bits per heavy atom. The van der Waals surface area contributed by atoms with E-state index in [1.54, 1.807) is 7.11 Å². The van der Waals surface area contributed by atoms with E-state index < -0.39 is 0 Å². The third-order valence-corrected chi connectivity index (χ3v) is 2.88. The first-order valence-electron chi connectivity index (χ1n) is 5.77. The molecule has 1 rings (SSSR count). The Labute approximate surface area is 102 Å². The predicted octanol–water partition coefficient (Wildman–Crippen LogP) is 3.05. The molecule has 0 amide bonds. The van der Waals surface area contributed by atoms with Crippen LogP contribution in [0.2, 0.25) is 0 Å². The minimum absolute atomic E-state index is 0.290. The summed E-state index contributed by atoms with van der Waals surface area (Å²) in [6, 6.07) is 0.290. The number of aromatic amines is 1. The Balaban J connectivity index is 3.06. The van der Waals surface area contributed by atoms with Gasteiger partial charge in [-0.25, -0.2) is 0 Å². The normalized spacial score (nSPS) is 13.3. The van der Waals surface area contributed by atoms with E-state index in [9.17, 15) is 0 Å². The van der Waals surface area contributed by atoms with Crippen LogP contribution in [0.5, 0.6) is 0 Å². The van der Waals surface area contributed by atoms with Crippen LogP contribution in [0.4, 0.5) is 0 Å². The Bertz CT molecular complexity index is 364. The van der Waals surface area contributed by atoms with Crippen LogP contribution in [0, 0.1) is 4.77 Å². The standard InChI is InChI=1S/C11H21N3OS/c1-5-6-9(7-15-4)14-10(8(2)3)12-13-11(14)16/h8-9H,5-7H2,1-4H3,(H,13,16). The van der Waals surface area contributed by atoms with E-state index in [0.29, 0.717) is 23.3 Å². The van der Waals surface area contributed by atoms with Crippen molar-refractivity contribution in [3.05, 3.63) is 10.6 Å². The molecule has 92 valence electrons. The fourth-order valence-electron chi connectivity index (χ4n) is 1.89. The van der Waals surface area contributed by atoms with Gasteiger partial charge in [-0.3, -0.25) is 9.67 Å². The number of H-pyrrole nitrogens is 1. The molecule has 1 N–H and O–H groups in total. The van der Waals surface area contributed by atoms with Crippen LogP contribution in [0.1, 0.15) is 51.4 Å². The number of hydrogen-bond donors (Lipinski definition) is 1. The molecule has 0 aliphatic rings. The molecule has 0 radical (unpaired) electrons. The highest BCUT2D eigenvalue weighted by molar-refractivity contribution is 7.71. The summed E-state index contributed by atoms with van der Waals surface area (Å²) in [7, 11) is 1.72. The number of aromatic nitrogens is 3. The lowest BCUT2D eigenvalue weighted by molar-refractivity contribution is 0.148. The summed E-state index contributed by atoms with van der Waals surface area (Å²) in [6.07, 6.45) is 2.17. The zero-order valence-corrected chi connectivity index (χ0v) is 11.3. The molecule has 1 heterocycles. The molecule has 0 saturated carbocycles. The zero-order valence-electron chi connectivity index (χ0n) is 10.5. The van der Waals surface area contributed by atoms with Crippen LogP contribution in [0.3, 0.4) is 0 Å². The van der Waals surface area contributed by atoms with Gasteiger partial charge in [0.05, 0.1) is 12.6 Å². The highest BCUT2D eigenvalue weighted by atomic mass is 32.1. The van der Waals surface area contributed by atoms with Gasteiger partial charge in [-0.1, -0.05) is 27.2 Å². The Morgan fingerprint density at radius 3 is 2.69 bits per heavy atom. The van der Waals surface area contributed by atoms with Gasteiger partial charge in [0.2, 0.25) is 0 Å². The Hall–Kier alpha value is -0.680. The average Bonchev–Trinajstić information content (AvgIpc) is 2.60. The minimum Gasteiger partial charge on any atom is -0.383 e. The van der Waals surface area contributed by atoms with Gasteiger partial charge in [0.25, 0.3) is 0 Å². The second-order valence-corrected chi connectivity index (χ2v) is 4.70. The molecule has 5 heteroatoms. The molecule has 1 aromatic heterocycles. The molecule has 1 aromatic rings. The molecule has 1 atom stereocenters. The van der Waals surface area contributed by atoms with Crippen molar-refractivity contribution in [2.45, 2.75) is 45.6 Å². The molecular formula is C11H21N3OS. The summed E-state index contributed by atoms with van der Waals surface area (Å²) in [6.45, 7) is 7.09. The van der Waals surface area contributed by atoms with Crippen molar-refractivity contribution >= 4 is 12.2 Å². The molecule has 0 bridgehead atoms. The van der Waals surface area contributed by atoms with E-state index in [2.05, 4.69) is 35.5 Å². The first-order valence-corrected chi connectivity index (χ1v) is 6.18. The lowest BCUT2D eigenvalue weighted by Crippen LogP contribution is -2.18. The summed E-state index contributed by atoms with van der Waals surface area (Å²) in [4.78, 5) is 0. The Morgan fingerprint density at radius 2 is 2.19 bits per heavy atom. The maximum Gasteiger partial charge on any atom is 0.195 e. The lowest BCUT2D eigenvalue weighted by atomic mass is 10.1. The first kappa shape index (κ1) is 13.4. The van der Waals surface area contributed by atoms with Crippen LogP contribution in [-0.4, -0.2) is 28.5 Å². The van der Waals surface area contributed by atoms with Crippen LogP contribution in [-0.2, 0) is 4.74 Å². The van der Waals surface area contributed by atoms with Crippen molar-refractivity contribution in [2.75, 3.05) is 13.7 Å². The molecule has 0 saturated heterocycles. The number of rotatable bonds is 6. The smallest absolute Gasteiger partial charge is 0.195 e. The van der Waals surface area contributed by atoms with Gasteiger partial charge >= 0.3 is 0 Å². The van der Waals surface area contributed by atoms with E-state index in [1.807, 2.05) is 0 Å². The van der Waals surface area contributed by atoms with Gasteiger partial charge in [0.15, 0.2) is 4.77 Å².